The molecule has 25 heavy (non-hydrogen) atoms. The van der Waals surface area contributed by atoms with Crippen LogP contribution in [0.2, 0.25) is 5.02 Å². The monoisotopic (exact) mass is 361 g/mol. The minimum Gasteiger partial charge on any atom is -0.477 e. The van der Waals surface area contributed by atoms with E-state index in [2.05, 4.69) is 15.3 Å². The van der Waals surface area contributed by atoms with E-state index >= 15 is 0 Å². The van der Waals surface area contributed by atoms with E-state index in [1.165, 1.54) is 30.3 Å². The Labute approximate surface area is 147 Å². The Bertz CT molecular complexity index is 947. The number of rotatable bonds is 4. The van der Waals surface area contributed by atoms with Crippen molar-refractivity contribution in [3.63, 3.8) is 0 Å². The fourth-order valence-electron chi connectivity index (χ4n) is 2.49. The van der Waals surface area contributed by atoms with E-state index in [4.69, 9.17) is 16.7 Å². The van der Waals surface area contributed by atoms with Crippen LogP contribution >= 0.6 is 11.6 Å². The topological polar surface area (TPSA) is 94.5 Å². The highest BCUT2D eigenvalue weighted by Crippen LogP contribution is 2.29. The number of benzene rings is 1. The predicted molar refractivity (Wildman–Crippen MR) is 93.1 cm³/mol. The number of hydrogen-bond acceptors (Lipinski definition) is 4. The molecule has 0 bridgehead atoms. The number of aliphatic imine (C=N–C) groups is 1. The lowest BCUT2D eigenvalue weighted by molar-refractivity contribution is 0.0691. The molecule has 0 saturated heterocycles. The van der Waals surface area contributed by atoms with Crippen LogP contribution in [0.4, 0.5) is 10.1 Å². The summed E-state index contributed by atoms with van der Waals surface area (Å²) in [5.74, 6) is -2.11. The third-order valence-corrected chi connectivity index (χ3v) is 3.90. The molecule has 1 aromatic heterocycles. The maximum atomic E-state index is 13.3. The van der Waals surface area contributed by atoms with Crippen LogP contribution in [-0.2, 0) is 0 Å². The van der Waals surface area contributed by atoms with E-state index < -0.39 is 11.8 Å². The highest BCUT2D eigenvalue weighted by Gasteiger charge is 2.28. The second-order valence-electron chi connectivity index (χ2n) is 5.28. The van der Waals surface area contributed by atoms with Gasteiger partial charge in [-0.25, -0.2) is 9.18 Å². The highest BCUT2D eigenvalue weighted by molar-refractivity contribution is 6.52. The van der Waals surface area contributed by atoms with Crippen molar-refractivity contribution in [1.29, 1.82) is 0 Å². The number of anilines is 1. The Hall–Kier alpha value is -2.93. The van der Waals surface area contributed by atoms with E-state index in [-0.39, 0.29) is 27.9 Å². The van der Waals surface area contributed by atoms with E-state index in [9.17, 15) is 14.0 Å². The van der Waals surface area contributed by atoms with E-state index in [1.54, 1.807) is 6.92 Å². The molecular formula is C17H13ClFN3O3. The van der Waals surface area contributed by atoms with Gasteiger partial charge in [-0.2, -0.15) is 0 Å². The molecule has 0 unspecified atom stereocenters. The lowest BCUT2D eigenvalue weighted by Crippen LogP contribution is -2.21. The smallest absolute Gasteiger partial charge is 0.352 e. The van der Waals surface area contributed by atoms with Crippen LogP contribution < -0.4 is 5.32 Å². The number of carboxylic acid groups (broad SMARTS) is 1. The average molecular weight is 362 g/mol. The number of aromatic nitrogens is 1. The van der Waals surface area contributed by atoms with Gasteiger partial charge < -0.3 is 15.4 Å². The molecule has 0 spiro atoms. The van der Waals surface area contributed by atoms with Crippen LogP contribution in [0, 0.1) is 5.82 Å². The third-order valence-electron chi connectivity index (χ3n) is 3.61. The van der Waals surface area contributed by atoms with Crippen molar-refractivity contribution >= 4 is 40.4 Å². The molecule has 8 heteroatoms. The normalized spacial score (nSPS) is 15.1. The second kappa shape index (κ2) is 6.52. The number of hydrogen-bond donors (Lipinski definition) is 3. The van der Waals surface area contributed by atoms with E-state index in [1.807, 2.05) is 0 Å². The van der Waals surface area contributed by atoms with Gasteiger partial charge in [-0.1, -0.05) is 11.6 Å². The second-order valence-corrected chi connectivity index (χ2v) is 5.68. The molecule has 1 aliphatic carbocycles. The Kier molecular flexibility index (Phi) is 4.41. The molecule has 0 amide bonds. The molecular weight excluding hydrogens is 349 g/mol. The standard InChI is InChI=1S/C17H13ClFN3O3/c1-2-20-13-7-12(21-8-3-4-11(19)10(18)5-8)9-6-14(17(24)25)22-15(9)16(13)23/h3-7,21-22H,2H2,1H3,(H,24,25). The number of carbonyl (C=O) groups excluding carboxylic acids is 1. The minimum absolute atomic E-state index is 0.0551. The summed E-state index contributed by atoms with van der Waals surface area (Å²) in [6.07, 6.45) is 1.53. The van der Waals surface area contributed by atoms with Gasteiger partial charge in [0.2, 0.25) is 5.78 Å². The summed E-state index contributed by atoms with van der Waals surface area (Å²) in [5, 5.41) is 12.1. The van der Waals surface area contributed by atoms with Crippen LogP contribution in [0.3, 0.4) is 0 Å². The largest absolute Gasteiger partial charge is 0.477 e. The number of Topliss-reactive ketones (excluding diaryl/α,β-unsaturated/α-hetero) is 1. The van der Waals surface area contributed by atoms with Gasteiger partial charge in [0.15, 0.2) is 0 Å². The quantitative estimate of drug-likeness (QED) is 0.775. The predicted octanol–water partition coefficient (Wildman–Crippen LogP) is 3.62. The van der Waals surface area contributed by atoms with Crippen molar-refractivity contribution in [2.45, 2.75) is 6.92 Å². The number of nitrogens with one attached hydrogen (secondary N) is 2. The fraction of sp³-hybridized carbons (Fsp3) is 0.118. The highest BCUT2D eigenvalue weighted by atomic mass is 35.5. The van der Waals surface area contributed by atoms with Gasteiger partial charge >= 0.3 is 5.97 Å². The number of nitrogens with zero attached hydrogens (tertiary/aromatic N) is 1. The molecule has 128 valence electrons. The van der Waals surface area contributed by atoms with Gasteiger partial charge in [-0.15, -0.1) is 0 Å². The van der Waals surface area contributed by atoms with Gasteiger partial charge in [-0.3, -0.25) is 9.79 Å². The molecule has 0 saturated carbocycles. The molecule has 0 aliphatic heterocycles. The molecule has 1 aromatic carbocycles. The Morgan fingerprint density at radius 2 is 2.16 bits per heavy atom. The number of carbonyl (C=O) groups is 2. The van der Waals surface area contributed by atoms with Crippen molar-refractivity contribution < 1.29 is 19.1 Å². The number of aromatic amines is 1. The molecule has 2 aromatic rings. The molecule has 3 rings (SSSR count). The Balaban J connectivity index is 2.08. The minimum atomic E-state index is -1.18. The van der Waals surface area contributed by atoms with Crippen LogP contribution in [0.5, 0.6) is 0 Å². The molecule has 0 fully saturated rings. The number of carboxylic acids is 1. The zero-order valence-corrected chi connectivity index (χ0v) is 13.8. The lowest BCUT2D eigenvalue weighted by atomic mass is 9.98. The summed E-state index contributed by atoms with van der Waals surface area (Å²) < 4.78 is 13.3. The van der Waals surface area contributed by atoms with Gasteiger partial charge in [0.25, 0.3) is 0 Å². The van der Waals surface area contributed by atoms with Crippen LogP contribution in [0.1, 0.15) is 33.5 Å². The molecule has 0 radical (unpaired) electrons. The van der Waals surface area contributed by atoms with Crippen LogP contribution in [0.15, 0.2) is 35.3 Å². The summed E-state index contributed by atoms with van der Waals surface area (Å²) in [6, 6.07) is 5.46. The average Bonchev–Trinajstić information content (AvgIpc) is 3.02. The number of aromatic carboxylic acids is 1. The van der Waals surface area contributed by atoms with E-state index in [0.29, 0.717) is 23.5 Å². The summed E-state index contributed by atoms with van der Waals surface area (Å²) >= 11 is 5.78. The molecule has 1 aliphatic rings. The first kappa shape index (κ1) is 16.9. The van der Waals surface area contributed by atoms with Gasteiger partial charge in [0.1, 0.15) is 17.2 Å². The summed E-state index contributed by atoms with van der Waals surface area (Å²) in [6.45, 7) is 2.18. The van der Waals surface area contributed by atoms with Crippen molar-refractivity contribution in [3.05, 3.63) is 58.1 Å². The number of fused-ring (bicyclic) bond motifs is 1. The molecule has 1 heterocycles. The summed E-state index contributed by atoms with van der Waals surface area (Å²) in [4.78, 5) is 30.4. The van der Waals surface area contributed by atoms with Crippen LogP contribution in [0.25, 0.3) is 5.70 Å². The number of halogens is 2. The molecule has 0 atom stereocenters. The van der Waals surface area contributed by atoms with Crippen molar-refractivity contribution in [3.8, 4) is 0 Å². The first-order valence-corrected chi connectivity index (χ1v) is 7.78. The van der Waals surface area contributed by atoms with Gasteiger partial charge in [0.05, 0.1) is 16.4 Å². The van der Waals surface area contributed by atoms with Gasteiger partial charge in [0, 0.05) is 17.8 Å². The Morgan fingerprint density at radius 3 is 2.80 bits per heavy atom. The summed E-state index contributed by atoms with van der Waals surface area (Å²) in [5.41, 5.74) is 1.59. The first-order chi connectivity index (χ1) is 11.9. The zero-order valence-electron chi connectivity index (χ0n) is 13.1. The van der Waals surface area contributed by atoms with Crippen molar-refractivity contribution in [1.82, 2.24) is 4.98 Å². The lowest BCUT2D eigenvalue weighted by Gasteiger charge is -2.17. The van der Waals surface area contributed by atoms with Crippen molar-refractivity contribution in [2.24, 2.45) is 4.99 Å². The SMILES string of the molecule is CCN=C1C=C(Nc2ccc(F)c(Cl)c2)c2cc(C(=O)O)[nH]c2C1=O. The number of H-pyrrole nitrogens is 1. The van der Waals surface area contributed by atoms with Gasteiger partial charge in [-0.05, 0) is 37.3 Å². The van der Waals surface area contributed by atoms with Crippen LogP contribution in [-0.4, -0.2) is 34.1 Å². The number of allylic oxidation sites excluding steroid dienone is 1. The number of ketones is 1. The van der Waals surface area contributed by atoms with E-state index in [0.717, 1.165) is 0 Å². The summed E-state index contributed by atoms with van der Waals surface area (Å²) in [7, 11) is 0. The maximum Gasteiger partial charge on any atom is 0.352 e. The fourth-order valence-corrected chi connectivity index (χ4v) is 2.67. The zero-order chi connectivity index (χ0) is 18.1. The first-order valence-electron chi connectivity index (χ1n) is 7.40. The molecule has 6 nitrogen and oxygen atoms in total. The van der Waals surface area contributed by atoms with Crippen molar-refractivity contribution in [2.75, 3.05) is 11.9 Å². The maximum absolute atomic E-state index is 13.3. The molecule has 3 N–H and O–H groups in total. The third kappa shape index (κ3) is 3.18. The Morgan fingerprint density at radius 1 is 1.40 bits per heavy atom.